The van der Waals surface area contributed by atoms with Crippen LogP contribution in [0.25, 0.3) is 0 Å². The zero-order valence-corrected chi connectivity index (χ0v) is 14.4. The molecule has 0 radical (unpaired) electrons. The van der Waals surface area contributed by atoms with Crippen LogP contribution in [0, 0.1) is 0 Å². The van der Waals surface area contributed by atoms with Crippen LogP contribution in [-0.2, 0) is 22.6 Å². The summed E-state index contributed by atoms with van der Waals surface area (Å²) in [6.07, 6.45) is 0.967. The summed E-state index contributed by atoms with van der Waals surface area (Å²) >= 11 is 0. The largest absolute Gasteiger partial charge is 0.367 e. The van der Waals surface area contributed by atoms with Gasteiger partial charge in [0.15, 0.2) is 0 Å². The van der Waals surface area contributed by atoms with Gasteiger partial charge in [-0.25, -0.2) is 0 Å². The van der Waals surface area contributed by atoms with E-state index in [1.807, 2.05) is 0 Å². The van der Waals surface area contributed by atoms with Gasteiger partial charge < -0.3 is 18.4 Å². The lowest BCUT2D eigenvalue weighted by Crippen LogP contribution is -2.42. The molecular formula is C18H30N2O2+2. The van der Waals surface area contributed by atoms with Crippen LogP contribution in [0.5, 0.6) is 0 Å². The fourth-order valence-corrected chi connectivity index (χ4v) is 3.32. The van der Waals surface area contributed by atoms with Crippen LogP contribution in [0.4, 0.5) is 0 Å². The highest BCUT2D eigenvalue weighted by Gasteiger charge is 2.32. The van der Waals surface area contributed by atoms with Gasteiger partial charge in [0, 0.05) is 11.1 Å². The van der Waals surface area contributed by atoms with E-state index in [1.54, 1.807) is 0 Å². The standard InChI is InChI=1S/C18H30N2O2/c1-19(2,11-17-13-21-17)9-15-5-7-16(8-6-15)10-20(3,4)12-18-14-22-18/h5-8,17-18H,9-14H2,1-4H3/q+2. The quantitative estimate of drug-likeness (QED) is 0.539. The molecule has 2 aliphatic heterocycles. The van der Waals surface area contributed by atoms with Crippen molar-refractivity contribution >= 4 is 0 Å². The van der Waals surface area contributed by atoms with E-state index in [2.05, 4.69) is 52.5 Å². The Morgan fingerprint density at radius 2 is 1.09 bits per heavy atom. The number of quaternary nitrogens is 2. The number of nitrogens with zero attached hydrogens (tertiary/aromatic N) is 2. The predicted molar refractivity (Wildman–Crippen MR) is 87.3 cm³/mol. The molecule has 2 saturated heterocycles. The summed E-state index contributed by atoms with van der Waals surface area (Å²) in [5.41, 5.74) is 2.82. The summed E-state index contributed by atoms with van der Waals surface area (Å²) in [5, 5.41) is 0. The summed E-state index contributed by atoms with van der Waals surface area (Å²) in [7, 11) is 9.13. The summed E-state index contributed by atoms with van der Waals surface area (Å²) in [4.78, 5) is 0. The molecule has 0 N–H and O–H groups in total. The Labute approximate surface area is 134 Å². The molecule has 122 valence electrons. The van der Waals surface area contributed by atoms with Crippen molar-refractivity contribution in [3.05, 3.63) is 35.4 Å². The third kappa shape index (κ3) is 5.06. The van der Waals surface area contributed by atoms with Gasteiger partial charge in [-0.2, -0.15) is 0 Å². The summed E-state index contributed by atoms with van der Waals surface area (Å²) in [5.74, 6) is 0. The number of ether oxygens (including phenoxy) is 2. The number of hydrogen-bond donors (Lipinski definition) is 0. The summed E-state index contributed by atoms with van der Waals surface area (Å²) in [6.45, 7) is 6.22. The van der Waals surface area contributed by atoms with Crippen molar-refractivity contribution in [2.24, 2.45) is 0 Å². The first-order chi connectivity index (χ1) is 10.3. The van der Waals surface area contributed by atoms with Crippen molar-refractivity contribution in [2.45, 2.75) is 25.3 Å². The van der Waals surface area contributed by atoms with Crippen LogP contribution < -0.4 is 0 Å². The molecule has 0 spiro atoms. The molecule has 0 aromatic heterocycles. The second-order valence-electron chi connectivity index (χ2n) is 8.28. The monoisotopic (exact) mass is 306 g/mol. The third-order valence-corrected chi connectivity index (χ3v) is 4.44. The van der Waals surface area contributed by atoms with Crippen LogP contribution in [0.15, 0.2) is 24.3 Å². The van der Waals surface area contributed by atoms with Crippen LogP contribution >= 0.6 is 0 Å². The molecule has 0 amide bonds. The third-order valence-electron chi connectivity index (χ3n) is 4.44. The van der Waals surface area contributed by atoms with Crippen LogP contribution in [0.1, 0.15) is 11.1 Å². The van der Waals surface area contributed by atoms with E-state index >= 15 is 0 Å². The first kappa shape index (κ1) is 15.9. The average molecular weight is 306 g/mol. The molecule has 2 aliphatic rings. The molecule has 2 fully saturated rings. The Kier molecular flexibility index (Phi) is 4.29. The summed E-state index contributed by atoms with van der Waals surface area (Å²) < 4.78 is 12.7. The molecule has 4 nitrogen and oxygen atoms in total. The maximum Gasteiger partial charge on any atom is 0.130 e. The Balaban J connectivity index is 1.54. The molecule has 0 bridgehead atoms. The fourth-order valence-electron chi connectivity index (χ4n) is 3.32. The molecule has 22 heavy (non-hydrogen) atoms. The van der Waals surface area contributed by atoms with Gasteiger partial charge in [-0.05, 0) is 0 Å². The van der Waals surface area contributed by atoms with Crippen molar-refractivity contribution in [2.75, 3.05) is 54.5 Å². The van der Waals surface area contributed by atoms with Gasteiger partial charge in [0.2, 0.25) is 0 Å². The van der Waals surface area contributed by atoms with E-state index in [4.69, 9.17) is 9.47 Å². The van der Waals surface area contributed by atoms with Gasteiger partial charge in [-0.15, -0.1) is 0 Å². The number of epoxide rings is 2. The maximum atomic E-state index is 5.36. The molecule has 1 aromatic carbocycles. The Bertz CT molecular complexity index is 455. The fraction of sp³-hybridized carbons (Fsp3) is 0.667. The van der Waals surface area contributed by atoms with Gasteiger partial charge in [-0.1, -0.05) is 24.3 Å². The zero-order chi connectivity index (χ0) is 15.8. The molecule has 3 rings (SSSR count). The predicted octanol–water partition coefficient (Wildman–Crippen LogP) is 1.64. The van der Waals surface area contributed by atoms with Gasteiger partial charge in [0.05, 0.1) is 41.4 Å². The second-order valence-corrected chi connectivity index (χ2v) is 8.28. The second kappa shape index (κ2) is 5.93. The topological polar surface area (TPSA) is 25.1 Å². The van der Waals surface area contributed by atoms with E-state index in [1.165, 1.54) is 11.1 Å². The normalized spacial score (nSPS) is 24.4. The van der Waals surface area contributed by atoms with E-state index in [9.17, 15) is 0 Å². The van der Waals surface area contributed by atoms with Crippen LogP contribution in [-0.4, -0.2) is 75.7 Å². The van der Waals surface area contributed by atoms with Gasteiger partial charge in [0.25, 0.3) is 0 Å². The molecule has 2 atom stereocenters. The lowest BCUT2D eigenvalue weighted by molar-refractivity contribution is -0.904. The van der Waals surface area contributed by atoms with E-state index in [-0.39, 0.29) is 0 Å². The van der Waals surface area contributed by atoms with Gasteiger partial charge in [0.1, 0.15) is 38.4 Å². The SMILES string of the molecule is C[N+](C)(Cc1ccc(C[N+](C)(C)CC2CO2)cc1)CC1CO1. The first-order valence-electron chi connectivity index (χ1n) is 8.26. The molecular weight excluding hydrogens is 276 g/mol. The van der Waals surface area contributed by atoms with Gasteiger partial charge in [-0.3, -0.25) is 0 Å². The number of benzene rings is 1. The average Bonchev–Trinajstić information content (AvgIpc) is 3.28. The Hall–Kier alpha value is -0.940. The highest BCUT2D eigenvalue weighted by molar-refractivity contribution is 5.21. The van der Waals surface area contributed by atoms with Crippen molar-refractivity contribution in [1.29, 1.82) is 0 Å². The molecule has 4 heteroatoms. The highest BCUT2D eigenvalue weighted by Crippen LogP contribution is 2.20. The van der Waals surface area contributed by atoms with Crippen LogP contribution in [0.2, 0.25) is 0 Å². The van der Waals surface area contributed by atoms with Crippen molar-refractivity contribution in [1.82, 2.24) is 0 Å². The highest BCUT2D eigenvalue weighted by atomic mass is 16.6. The van der Waals surface area contributed by atoms with Crippen molar-refractivity contribution in [3.8, 4) is 0 Å². The number of likely N-dealkylation sites (N-methyl/N-ethyl adjacent to an activating group) is 2. The Morgan fingerprint density at radius 3 is 1.36 bits per heavy atom. The summed E-state index contributed by atoms with van der Waals surface area (Å²) in [6, 6.07) is 9.15. The maximum absolute atomic E-state index is 5.36. The minimum atomic E-state index is 0.483. The molecule has 1 aromatic rings. The molecule has 0 aliphatic carbocycles. The molecule has 2 heterocycles. The Morgan fingerprint density at radius 1 is 0.773 bits per heavy atom. The van der Waals surface area contributed by atoms with E-state index in [0.29, 0.717) is 12.2 Å². The van der Waals surface area contributed by atoms with E-state index in [0.717, 1.165) is 48.4 Å². The minimum Gasteiger partial charge on any atom is -0.367 e. The first-order valence-corrected chi connectivity index (χ1v) is 8.26. The van der Waals surface area contributed by atoms with Crippen molar-refractivity contribution in [3.63, 3.8) is 0 Å². The minimum absolute atomic E-state index is 0.483. The van der Waals surface area contributed by atoms with E-state index < -0.39 is 0 Å². The number of hydrogen-bond acceptors (Lipinski definition) is 2. The zero-order valence-electron chi connectivity index (χ0n) is 14.4. The molecule has 2 unspecified atom stereocenters. The lowest BCUT2D eigenvalue weighted by Gasteiger charge is -2.30. The van der Waals surface area contributed by atoms with Crippen LogP contribution in [0.3, 0.4) is 0 Å². The lowest BCUT2D eigenvalue weighted by atomic mass is 10.1. The smallest absolute Gasteiger partial charge is 0.130 e. The number of rotatable bonds is 8. The molecule has 0 saturated carbocycles. The van der Waals surface area contributed by atoms with Gasteiger partial charge >= 0.3 is 0 Å². The van der Waals surface area contributed by atoms with Crippen molar-refractivity contribution < 1.29 is 18.4 Å².